The Balaban J connectivity index is 2.15. The summed E-state index contributed by atoms with van der Waals surface area (Å²) in [5, 5.41) is 12.9. The van der Waals surface area contributed by atoms with Crippen LogP contribution in [0, 0.1) is 0 Å². The summed E-state index contributed by atoms with van der Waals surface area (Å²) in [5.41, 5.74) is 1.80. The Bertz CT molecular complexity index is 637. The first-order valence-corrected chi connectivity index (χ1v) is 7.59. The van der Waals surface area contributed by atoms with Crippen LogP contribution in [-0.4, -0.2) is 25.4 Å². The minimum atomic E-state index is -2.91. The van der Waals surface area contributed by atoms with Gasteiger partial charge in [0.1, 0.15) is 0 Å². The zero-order valence-electron chi connectivity index (χ0n) is 13.6. The smallest absolute Gasteiger partial charge is 0.387 e. The highest BCUT2D eigenvalue weighted by Crippen LogP contribution is 2.32. The van der Waals surface area contributed by atoms with Crippen LogP contribution in [0.2, 0.25) is 0 Å². The number of halogens is 2. The molecule has 4 nitrogen and oxygen atoms in total. The van der Waals surface area contributed by atoms with Gasteiger partial charge in [0.05, 0.1) is 19.8 Å². The molecular weight excluding hydrogens is 316 g/mol. The van der Waals surface area contributed by atoms with Crippen molar-refractivity contribution in [3.8, 4) is 11.5 Å². The first-order valence-electron chi connectivity index (χ1n) is 7.59. The average Bonchev–Trinajstić information content (AvgIpc) is 2.60. The summed E-state index contributed by atoms with van der Waals surface area (Å²) in [6, 6.07) is 14.0. The van der Waals surface area contributed by atoms with E-state index in [0.717, 1.165) is 11.1 Å². The molecule has 2 unspecified atom stereocenters. The molecule has 2 rings (SSSR count). The molecular formula is C18H21F2NO3. The van der Waals surface area contributed by atoms with E-state index in [2.05, 4.69) is 10.1 Å². The SMILES string of the molecule is COc1cc(C(C)NC(CO)c2ccccc2)ccc1OC(F)F. The lowest BCUT2D eigenvalue weighted by Gasteiger charge is -2.23. The fourth-order valence-corrected chi connectivity index (χ4v) is 2.48. The molecule has 0 bridgehead atoms. The molecule has 0 heterocycles. The van der Waals surface area contributed by atoms with Crippen molar-refractivity contribution in [1.29, 1.82) is 0 Å². The first-order chi connectivity index (χ1) is 11.5. The Labute approximate surface area is 140 Å². The number of alkyl halides is 2. The van der Waals surface area contributed by atoms with Crippen molar-refractivity contribution in [2.24, 2.45) is 0 Å². The molecule has 0 aliphatic heterocycles. The summed E-state index contributed by atoms with van der Waals surface area (Å²) in [6.45, 7) is -1.04. The molecule has 2 aromatic carbocycles. The second kappa shape index (κ2) is 8.61. The van der Waals surface area contributed by atoms with E-state index in [-0.39, 0.29) is 30.2 Å². The van der Waals surface area contributed by atoms with Crippen LogP contribution >= 0.6 is 0 Å². The predicted molar refractivity (Wildman–Crippen MR) is 87.4 cm³/mol. The van der Waals surface area contributed by atoms with Gasteiger partial charge >= 0.3 is 6.61 Å². The van der Waals surface area contributed by atoms with Gasteiger partial charge in [0.2, 0.25) is 0 Å². The van der Waals surface area contributed by atoms with Crippen LogP contribution in [-0.2, 0) is 0 Å². The minimum Gasteiger partial charge on any atom is -0.493 e. The molecule has 130 valence electrons. The molecule has 24 heavy (non-hydrogen) atoms. The number of aliphatic hydroxyl groups excluding tert-OH is 1. The normalized spacial score (nSPS) is 13.6. The van der Waals surface area contributed by atoms with Crippen LogP contribution in [0.15, 0.2) is 48.5 Å². The van der Waals surface area contributed by atoms with E-state index in [1.54, 1.807) is 12.1 Å². The Hall–Kier alpha value is -2.18. The van der Waals surface area contributed by atoms with Crippen molar-refractivity contribution in [3.63, 3.8) is 0 Å². The molecule has 0 saturated heterocycles. The highest BCUT2D eigenvalue weighted by molar-refractivity contribution is 5.43. The van der Waals surface area contributed by atoms with Crippen LogP contribution in [0.5, 0.6) is 11.5 Å². The predicted octanol–water partition coefficient (Wildman–Crippen LogP) is 3.68. The maximum Gasteiger partial charge on any atom is 0.387 e. The second-order valence-electron chi connectivity index (χ2n) is 5.32. The summed E-state index contributed by atoms with van der Waals surface area (Å²) in [6.07, 6.45) is 0. The van der Waals surface area contributed by atoms with Crippen LogP contribution in [0.25, 0.3) is 0 Å². The standard InChI is InChI=1S/C18H21F2NO3/c1-12(21-15(11-22)13-6-4-3-5-7-13)14-8-9-16(24-18(19)20)17(10-14)23-2/h3-10,12,15,18,21-22H,11H2,1-2H3. The molecule has 0 amide bonds. The Morgan fingerprint density at radius 3 is 2.33 bits per heavy atom. The van der Waals surface area contributed by atoms with Gasteiger partial charge in [0.25, 0.3) is 0 Å². The number of nitrogens with one attached hydrogen (secondary N) is 1. The zero-order chi connectivity index (χ0) is 17.5. The maximum atomic E-state index is 12.4. The Morgan fingerprint density at radius 1 is 1.04 bits per heavy atom. The van der Waals surface area contributed by atoms with Gasteiger partial charge in [-0.2, -0.15) is 8.78 Å². The van der Waals surface area contributed by atoms with Crippen molar-refractivity contribution in [2.75, 3.05) is 13.7 Å². The van der Waals surface area contributed by atoms with E-state index in [9.17, 15) is 13.9 Å². The third-order valence-electron chi connectivity index (χ3n) is 3.74. The second-order valence-corrected chi connectivity index (χ2v) is 5.32. The molecule has 0 aromatic heterocycles. The largest absolute Gasteiger partial charge is 0.493 e. The molecule has 2 N–H and O–H groups in total. The molecule has 0 radical (unpaired) electrons. The lowest BCUT2D eigenvalue weighted by Crippen LogP contribution is -2.27. The van der Waals surface area contributed by atoms with E-state index in [0.29, 0.717) is 0 Å². The van der Waals surface area contributed by atoms with Gasteiger partial charge in [-0.05, 0) is 30.2 Å². The summed E-state index contributed by atoms with van der Waals surface area (Å²) >= 11 is 0. The first kappa shape index (κ1) is 18.2. The van der Waals surface area contributed by atoms with Gasteiger partial charge in [-0.15, -0.1) is 0 Å². The van der Waals surface area contributed by atoms with Gasteiger partial charge in [0.15, 0.2) is 11.5 Å². The summed E-state index contributed by atoms with van der Waals surface area (Å²) in [7, 11) is 1.40. The highest BCUT2D eigenvalue weighted by atomic mass is 19.3. The number of hydrogen-bond acceptors (Lipinski definition) is 4. The molecule has 0 aliphatic rings. The summed E-state index contributed by atoms with van der Waals surface area (Å²) < 4.78 is 34.3. The van der Waals surface area contributed by atoms with E-state index < -0.39 is 6.61 Å². The van der Waals surface area contributed by atoms with Gasteiger partial charge in [-0.25, -0.2) is 0 Å². The van der Waals surface area contributed by atoms with E-state index in [4.69, 9.17) is 4.74 Å². The number of benzene rings is 2. The third kappa shape index (κ3) is 4.66. The number of methoxy groups -OCH3 is 1. The molecule has 6 heteroatoms. The van der Waals surface area contributed by atoms with Crippen LogP contribution in [0.3, 0.4) is 0 Å². The molecule has 0 saturated carbocycles. The highest BCUT2D eigenvalue weighted by Gasteiger charge is 2.17. The van der Waals surface area contributed by atoms with Gasteiger partial charge in [0, 0.05) is 6.04 Å². The monoisotopic (exact) mass is 337 g/mol. The molecule has 2 aromatic rings. The van der Waals surface area contributed by atoms with E-state index in [1.165, 1.54) is 13.2 Å². The topological polar surface area (TPSA) is 50.7 Å². The van der Waals surface area contributed by atoms with Gasteiger partial charge in [-0.1, -0.05) is 36.4 Å². The van der Waals surface area contributed by atoms with Crippen molar-refractivity contribution in [1.82, 2.24) is 5.32 Å². The Morgan fingerprint density at radius 2 is 1.75 bits per heavy atom. The maximum absolute atomic E-state index is 12.4. The van der Waals surface area contributed by atoms with E-state index >= 15 is 0 Å². The van der Waals surface area contributed by atoms with Gasteiger partial charge in [-0.3, -0.25) is 0 Å². The van der Waals surface area contributed by atoms with Crippen molar-refractivity contribution in [3.05, 3.63) is 59.7 Å². The number of ether oxygens (including phenoxy) is 2. The van der Waals surface area contributed by atoms with Crippen LogP contribution in [0.1, 0.15) is 30.1 Å². The van der Waals surface area contributed by atoms with Crippen molar-refractivity contribution < 1.29 is 23.4 Å². The fraction of sp³-hybridized carbons (Fsp3) is 0.333. The number of aliphatic hydroxyl groups is 1. The molecule has 0 aliphatic carbocycles. The van der Waals surface area contributed by atoms with Crippen molar-refractivity contribution in [2.45, 2.75) is 25.6 Å². The molecule has 2 atom stereocenters. The van der Waals surface area contributed by atoms with Crippen molar-refractivity contribution >= 4 is 0 Å². The lowest BCUT2D eigenvalue weighted by molar-refractivity contribution is -0.0512. The third-order valence-corrected chi connectivity index (χ3v) is 3.74. The number of rotatable bonds is 8. The fourth-order valence-electron chi connectivity index (χ4n) is 2.48. The van der Waals surface area contributed by atoms with Crippen LogP contribution < -0.4 is 14.8 Å². The molecule has 0 fully saturated rings. The quantitative estimate of drug-likeness (QED) is 0.771. The average molecular weight is 337 g/mol. The van der Waals surface area contributed by atoms with Crippen LogP contribution in [0.4, 0.5) is 8.78 Å². The lowest BCUT2D eigenvalue weighted by atomic mass is 10.0. The van der Waals surface area contributed by atoms with E-state index in [1.807, 2.05) is 37.3 Å². The van der Waals surface area contributed by atoms with Gasteiger partial charge < -0.3 is 19.9 Å². The zero-order valence-corrected chi connectivity index (χ0v) is 13.6. The summed E-state index contributed by atoms with van der Waals surface area (Å²) in [4.78, 5) is 0. The number of hydrogen-bond donors (Lipinski definition) is 2. The molecule has 0 spiro atoms. The minimum absolute atomic E-state index is 0.00906. The Kier molecular flexibility index (Phi) is 6.52. The summed E-state index contributed by atoms with van der Waals surface area (Å²) in [5.74, 6) is 0.229.